The second-order valence-electron chi connectivity index (χ2n) is 5.62. The molecule has 0 aromatic heterocycles. The highest BCUT2D eigenvalue weighted by atomic mass is 16.4. The smallest absolute Gasteiger partial charge is 0.0596 e. The third-order valence-corrected chi connectivity index (χ3v) is 4.60. The number of oxime groups is 1. The number of hydrogen-bond donors (Lipinski definition) is 1. The molecule has 3 atom stereocenters. The molecule has 1 saturated heterocycles. The molecule has 1 heterocycles. The summed E-state index contributed by atoms with van der Waals surface area (Å²) in [7, 11) is 0. The van der Waals surface area contributed by atoms with E-state index in [0.717, 1.165) is 49.5 Å². The van der Waals surface area contributed by atoms with E-state index in [-0.39, 0.29) is 0 Å². The topological polar surface area (TPSA) is 35.8 Å². The number of piperidine rings is 1. The number of nitrogens with zero attached hydrogens (tertiary/aromatic N) is 2. The first-order chi connectivity index (χ1) is 7.70. The minimum Gasteiger partial charge on any atom is -0.411 e. The summed E-state index contributed by atoms with van der Waals surface area (Å²) < 4.78 is 0. The first-order valence-corrected chi connectivity index (χ1v) is 6.64. The second kappa shape index (κ2) is 5.17. The van der Waals surface area contributed by atoms with Gasteiger partial charge in [0.15, 0.2) is 0 Å². The zero-order valence-corrected chi connectivity index (χ0v) is 10.5. The van der Waals surface area contributed by atoms with Crippen molar-refractivity contribution in [3.8, 4) is 0 Å². The lowest BCUT2D eigenvalue weighted by molar-refractivity contribution is 0.107. The van der Waals surface area contributed by atoms with Gasteiger partial charge in [-0.25, -0.2) is 0 Å². The predicted octanol–water partition coefficient (Wildman–Crippen LogP) is 2.74. The van der Waals surface area contributed by atoms with Crippen molar-refractivity contribution in [2.75, 3.05) is 13.1 Å². The first kappa shape index (κ1) is 11.9. The van der Waals surface area contributed by atoms with E-state index in [4.69, 9.17) is 5.21 Å². The molecule has 3 nitrogen and oxygen atoms in total. The van der Waals surface area contributed by atoms with Gasteiger partial charge in [-0.15, -0.1) is 0 Å². The Morgan fingerprint density at radius 2 is 1.81 bits per heavy atom. The maximum absolute atomic E-state index is 8.73. The third kappa shape index (κ3) is 2.57. The molecule has 1 N–H and O–H groups in total. The molecule has 2 rings (SSSR count). The number of hydrogen-bond acceptors (Lipinski definition) is 3. The predicted molar refractivity (Wildman–Crippen MR) is 66.0 cm³/mol. The summed E-state index contributed by atoms with van der Waals surface area (Å²) in [6.07, 6.45) is 6.00. The van der Waals surface area contributed by atoms with Crippen molar-refractivity contribution < 1.29 is 5.21 Å². The number of rotatable bonds is 1. The van der Waals surface area contributed by atoms with E-state index in [0.29, 0.717) is 0 Å². The molecule has 3 heteroatoms. The van der Waals surface area contributed by atoms with E-state index in [1.165, 1.54) is 19.3 Å². The van der Waals surface area contributed by atoms with Crippen LogP contribution < -0.4 is 0 Å². The molecule has 0 spiro atoms. The molecule has 0 aromatic rings. The van der Waals surface area contributed by atoms with Gasteiger partial charge in [-0.2, -0.15) is 0 Å². The molecule has 92 valence electrons. The van der Waals surface area contributed by atoms with Crippen LogP contribution in [-0.4, -0.2) is 35.0 Å². The molecule has 1 aliphatic carbocycles. The van der Waals surface area contributed by atoms with Gasteiger partial charge in [0.05, 0.1) is 5.71 Å². The molecule has 2 fully saturated rings. The molecule has 1 aliphatic heterocycles. The quantitative estimate of drug-likeness (QED) is 0.549. The van der Waals surface area contributed by atoms with E-state index < -0.39 is 0 Å². The van der Waals surface area contributed by atoms with Crippen LogP contribution >= 0.6 is 0 Å². The molecule has 1 saturated carbocycles. The Labute approximate surface area is 98.5 Å². The van der Waals surface area contributed by atoms with Crippen molar-refractivity contribution >= 4 is 5.71 Å². The first-order valence-electron chi connectivity index (χ1n) is 6.64. The van der Waals surface area contributed by atoms with Gasteiger partial charge in [-0.05, 0) is 31.1 Å². The maximum atomic E-state index is 8.73. The fourth-order valence-electron chi connectivity index (χ4n) is 3.10. The summed E-state index contributed by atoms with van der Waals surface area (Å²) in [5.74, 6) is 1.77. The van der Waals surface area contributed by atoms with Crippen molar-refractivity contribution in [3.05, 3.63) is 0 Å². The Balaban J connectivity index is 1.85. The van der Waals surface area contributed by atoms with E-state index in [2.05, 4.69) is 23.9 Å². The van der Waals surface area contributed by atoms with Gasteiger partial charge in [0.25, 0.3) is 0 Å². The summed E-state index contributed by atoms with van der Waals surface area (Å²) in [6.45, 7) is 6.95. The maximum Gasteiger partial charge on any atom is 0.0596 e. The van der Waals surface area contributed by atoms with Crippen LogP contribution in [0.1, 0.15) is 46.0 Å². The van der Waals surface area contributed by atoms with Crippen LogP contribution in [-0.2, 0) is 0 Å². The fourth-order valence-corrected chi connectivity index (χ4v) is 3.10. The SMILES string of the molecule is CC1CCC(N2CCC(=NO)CC2)CC1C. The van der Waals surface area contributed by atoms with Gasteiger partial charge >= 0.3 is 0 Å². The Morgan fingerprint density at radius 1 is 1.12 bits per heavy atom. The lowest BCUT2D eigenvalue weighted by Crippen LogP contribution is -2.44. The summed E-state index contributed by atoms with van der Waals surface area (Å²) in [5, 5.41) is 12.1. The Bertz CT molecular complexity index is 255. The highest BCUT2D eigenvalue weighted by Crippen LogP contribution is 2.32. The molecule has 2 aliphatic rings. The molecular formula is C13H24N2O. The summed E-state index contributed by atoms with van der Waals surface area (Å²) in [5.41, 5.74) is 0.980. The molecule has 0 radical (unpaired) electrons. The van der Waals surface area contributed by atoms with Crippen molar-refractivity contribution in [2.24, 2.45) is 17.0 Å². The Kier molecular flexibility index (Phi) is 3.85. The monoisotopic (exact) mass is 224 g/mol. The molecule has 0 aromatic carbocycles. The normalized spacial score (nSPS) is 37.4. The van der Waals surface area contributed by atoms with Crippen LogP contribution in [0.5, 0.6) is 0 Å². The van der Waals surface area contributed by atoms with Crippen molar-refractivity contribution in [1.29, 1.82) is 0 Å². The van der Waals surface area contributed by atoms with Gasteiger partial charge in [-0.3, -0.25) is 4.90 Å². The van der Waals surface area contributed by atoms with E-state index in [1.807, 2.05) is 0 Å². The summed E-state index contributed by atoms with van der Waals surface area (Å²) >= 11 is 0. The highest BCUT2D eigenvalue weighted by molar-refractivity contribution is 5.84. The lowest BCUT2D eigenvalue weighted by Gasteiger charge is -2.41. The average Bonchev–Trinajstić information content (AvgIpc) is 2.33. The zero-order valence-electron chi connectivity index (χ0n) is 10.5. The Hall–Kier alpha value is -0.570. The molecule has 16 heavy (non-hydrogen) atoms. The zero-order chi connectivity index (χ0) is 11.5. The highest BCUT2D eigenvalue weighted by Gasteiger charge is 2.30. The van der Waals surface area contributed by atoms with Crippen LogP contribution in [0.25, 0.3) is 0 Å². The fraction of sp³-hybridized carbons (Fsp3) is 0.923. The molecule has 0 bridgehead atoms. The minimum atomic E-state index is 0.784. The number of likely N-dealkylation sites (tertiary alicyclic amines) is 1. The van der Waals surface area contributed by atoms with Crippen LogP contribution in [0.2, 0.25) is 0 Å². The average molecular weight is 224 g/mol. The lowest BCUT2D eigenvalue weighted by atomic mass is 9.78. The largest absolute Gasteiger partial charge is 0.411 e. The van der Waals surface area contributed by atoms with E-state index >= 15 is 0 Å². The van der Waals surface area contributed by atoms with Crippen LogP contribution in [0, 0.1) is 11.8 Å². The van der Waals surface area contributed by atoms with Gasteiger partial charge in [0.1, 0.15) is 0 Å². The molecule has 3 unspecified atom stereocenters. The van der Waals surface area contributed by atoms with Crippen molar-refractivity contribution in [2.45, 2.75) is 52.0 Å². The molecular weight excluding hydrogens is 200 g/mol. The Morgan fingerprint density at radius 3 is 2.38 bits per heavy atom. The van der Waals surface area contributed by atoms with Crippen LogP contribution in [0.3, 0.4) is 0 Å². The van der Waals surface area contributed by atoms with Gasteiger partial charge in [-0.1, -0.05) is 19.0 Å². The standard InChI is InChI=1S/C13H24N2O/c1-10-3-4-13(9-11(10)2)15-7-5-12(14-16)6-8-15/h10-11,13,16H,3-9H2,1-2H3. The van der Waals surface area contributed by atoms with Crippen molar-refractivity contribution in [3.63, 3.8) is 0 Å². The summed E-state index contributed by atoms with van der Waals surface area (Å²) in [6, 6.07) is 0.784. The van der Waals surface area contributed by atoms with Gasteiger partial charge in [0.2, 0.25) is 0 Å². The van der Waals surface area contributed by atoms with Gasteiger partial charge < -0.3 is 5.21 Å². The van der Waals surface area contributed by atoms with Crippen LogP contribution in [0.4, 0.5) is 0 Å². The summed E-state index contributed by atoms with van der Waals surface area (Å²) in [4.78, 5) is 2.61. The van der Waals surface area contributed by atoms with Crippen molar-refractivity contribution in [1.82, 2.24) is 4.90 Å². The van der Waals surface area contributed by atoms with E-state index in [9.17, 15) is 0 Å². The van der Waals surface area contributed by atoms with E-state index in [1.54, 1.807) is 0 Å². The third-order valence-electron chi connectivity index (χ3n) is 4.60. The molecule has 0 amide bonds. The minimum absolute atomic E-state index is 0.784. The van der Waals surface area contributed by atoms with Gasteiger partial charge in [0, 0.05) is 32.0 Å². The second-order valence-corrected chi connectivity index (χ2v) is 5.62. The van der Waals surface area contributed by atoms with Crippen LogP contribution in [0.15, 0.2) is 5.16 Å².